The molecule has 1 atom stereocenters. The van der Waals surface area contributed by atoms with Crippen molar-refractivity contribution >= 4 is 17.6 Å². The minimum Gasteiger partial charge on any atom is -0.355 e. The van der Waals surface area contributed by atoms with Gasteiger partial charge in [0.25, 0.3) is 0 Å². The molecule has 2 fully saturated rings. The summed E-state index contributed by atoms with van der Waals surface area (Å²) in [5.74, 6) is -0.152. The third kappa shape index (κ3) is 4.43. The fourth-order valence-corrected chi connectivity index (χ4v) is 4.46. The maximum Gasteiger partial charge on any atom is 0.230 e. The van der Waals surface area contributed by atoms with Gasteiger partial charge in [0.1, 0.15) is 0 Å². The Balaban J connectivity index is 1.45. The number of likely N-dealkylation sites (tertiary alicyclic amines) is 1. The minimum absolute atomic E-state index is 0.0875. The van der Waals surface area contributed by atoms with Crippen LogP contribution in [0.2, 0.25) is 0 Å². The van der Waals surface area contributed by atoms with Crippen molar-refractivity contribution < 1.29 is 9.59 Å². The zero-order valence-electron chi connectivity index (χ0n) is 18.0. The van der Waals surface area contributed by atoms with E-state index in [0.717, 1.165) is 36.6 Å². The molecule has 3 aromatic rings. The van der Waals surface area contributed by atoms with E-state index in [2.05, 4.69) is 44.9 Å². The van der Waals surface area contributed by atoms with Gasteiger partial charge in [-0.1, -0.05) is 36.4 Å². The molecule has 2 amide bonds. The van der Waals surface area contributed by atoms with E-state index >= 15 is 0 Å². The number of para-hydroxylation sites is 1. The van der Waals surface area contributed by atoms with Gasteiger partial charge in [-0.3, -0.25) is 14.5 Å². The quantitative estimate of drug-likeness (QED) is 0.631. The number of rotatable bonds is 6. The third-order valence-corrected chi connectivity index (χ3v) is 6.14. The number of hydrogen-bond donors (Lipinski definition) is 2. The number of nitrogens with one attached hydrogen (secondary N) is 2. The molecule has 0 radical (unpaired) electrons. The minimum atomic E-state index is -0.364. The van der Waals surface area contributed by atoms with Crippen LogP contribution in [0.3, 0.4) is 0 Å². The van der Waals surface area contributed by atoms with Crippen molar-refractivity contribution in [1.29, 1.82) is 0 Å². The molecule has 2 N–H and O–H groups in total. The predicted octanol–water partition coefficient (Wildman–Crippen LogP) is 3.21. The zero-order chi connectivity index (χ0) is 21.9. The second kappa shape index (κ2) is 8.96. The van der Waals surface area contributed by atoms with Crippen LogP contribution in [0.5, 0.6) is 0 Å². The van der Waals surface area contributed by atoms with Gasteiger partial charge in [0.15, 0.2) is 5.82 Å². The maximum absolute atomic E-state index is 12.6. The molecule has 2 aliphatic heterocycles. The van der Waals surface area contributed by atoms with Gasteiger partial charge in [0.05, 0.1) is 17.3 Å². The van der Waals surface area contributed by atoms with E-state index in [-0.39, 0.29) is 24.2 Å². The number of hydrogen-bond acceptors (Lipinski definition) is 4. The van der Waals surface area contributed by atoms with Gasteiger partial charge < -0.3 is 10.6 Å². The van der Waals surface area contributed by atoms with Crippen LogP contribution in [0.25, 0.3) is 16.9 Å². The molecule has 2 saturated heterocycles. The van der Waals surface area contributed by atoms with Crippen molar-refractivity contribution in [2.75, 3.05) is 25.0 Å². The van der Waals surface area contributed by atoms with Crippen LogP contribution < -0.4 is 10.6 Å². The van der Waals surface area contributed by atoms with E-state index in [1.165, 1.54) is 18.4 Å². The third-order valence-electron chi connectivity index (χ3n) is 6.14. The maximum atomic E-state index is 12.6. The van der Waals surface area contributed by atoms with Gasteiger partial charge in [-0.05, 0) is 49.7 Å². The second-order valence-electron chi connectivity index (χ2n) is 8.54. The highest BCUT2D eigenvalue weighted by atomic mass is 16.2. The monoisotopic (exact) mass is 429 g/mol. The summed E-state index contributed by atoms with van der Waals surface area (Å²) in [7, 11) is 0. The summed E-state index contributed by atoms with van der Waals surface area (Å²) < 4.78 is 1.86. The van der Waals surface area contributed by atoms with Crippen LogP contribution in [0.4, 0.5) is 5.82 Å². The van der Waals surface area contributed by atoms with Gasteiger partial charge in [0, 0.05) is 31.1 Å². The van der Waals surface area contributed by atoms with Gasteiger partial charge in [-0.15, -0.1) is 5.10 Å². The fourth-order valence-electron chi connectivity index (χ4n) is 4.46. The van der Waals surface area contributed by atoms with Crippen molar-refractivity contribution in [3.8, 4) is 16.9 Å². The number of carbonyl (C=O) groups is 2. The van der Waals surface area contributed by atoms with E-state index in [1.807, 2.05) is 41.1 Å². The van der Waals surface area contributed by atoms with Crippen molar-refractivity contribution in [3.63, 3.8) is 0 Å². The molecular weight excluding hydrogens is 402 g/mol. The summed E-state index contributed by atoms with van der Waals surface area (Å²) in [5, 5.41) is 10.3. The van der Waals surface area contributed by atoms with Gasteiger partial charge in [-0.2, -0.15) is 0 Å². The SMILES string of the molecule is O=C1C[C@H](C(=O)Nc2cc(-c3cccc(CN4CCCC4)c3)n(-c3ccccc3)n2)CN1. The fraction of sp³-hybridized carbons (Fsp3) is 0.320. The van der Waals surface area contributed by atoms with Gasteiger partial charge in [0.2, 0.25) is 11.8 Å². The highest BCUT2D eigenvalue weighted by molar-refractivity contribution is 5.97. The Morgan fingerprint density at radius 3 is 2.62 bits per heavy atom. The standard InChI is InChI=1S/C25H27N5O2/c31-24-14-20(16-26-24)25(32)27-23-15-22(30(28-23)21-9-2-1-3-10-21)19-8-6-7-18(13-19)17-29-11-4-5-12-29/h1-3,6-10,13,15,20H,4-5,11-12,14,16-17H2,(H,26,31)(H,27,28,32)/t20-/m0/s1. The lowest BCUT2D eigenvalue weighted by Crippen LogP contribution is -2.24. The largest absolute Gasteiger partial charge is 0.355 e. The van der Waals surface area contributed by atoms with E-state index in [0.29, 0.717) is 12.4 Å². The molecule has 0 unspecified atom stereocenters. The highest BCUT2D eigenvalue weighted by Gasteiger charge is 2.28. The molecule has 7 heteroatoms. The number of anilines is 1. The normalized spacial score (nSPS) is 18.6. The summed E-state index contributed by atoms with van der Waals surface area (Å²) in [6.07, 6.45) is 2.76. The van der Waals surface area contributed by atoms with Gasteiger partial charge in [-0.25, -0.2) is 4.68 Å². The summed E-state index contributed by atoms with van der Waals surface area (Å²) in [6, 6.07) is 20.3. The van der Waals surface area contributed by atoms with E-state index in [9.17, 15) is 9.59 Å². The van der Waals surface area contributed by atoms with Crippen LogP contribution in [-0.4, -0.2) is 46.1 Å². The topological polar surface area (TPSA) is 79.3 Å². The average Bonchev–Trinajstić information content (AvgIpc) is 3.56. The zero-order valence-corrected chi connectivity index (χ0v) is 18.0. The first kappa shape index (κ1) is 20.5. The molecule has 3 heterocycles. The Bertz CT molecular complexity index is 1120. The molecule has 32 heavy (non-hydrogen) atoms. The molecule has 0 bridgehead atoms. The van der Waals surface area contributed by atoms with E-state index in [1.54, 1.807) is 0 Å². The van der Waals surface area contributed by atoms with Crippen LogP contribution in [0.1, 0.15) is 24.8 Å². The molecule has 164 valence electrons. The highest BCUT2D eigenvalue weighted by Crippen LogP contribution is 2.28. The summed E-state index contributed by atoms with van der Waals surface area (Å²) in [5.41, 5.74) is 4.16. The number of carbonyl (C=O) groups excluding carboxylic acids is 2. The van der Waals surface area contributed by atoms with Crippen LogP contribution >= 0.6 is 0 Å². The number of benzene rings is 2. The summed E-state index contributed by atoms with van der Waals surface area (Å²) in [6.45, 7) is 3.62. The molecule has 1 aromatic heterocycles. The molecule has 0 aliphatic carbocycles. The van der Waals surface area contributed by atoms with Gasteiger partial charge >= 0.3 is 0 Å². The van der Waals surface area contributed by atoms with E-state index in [4.69, 9.17) is 0 Å². The Morgan fingerprint density at radius 2 is 1.88 bits per heavy atom. The number of amides is 2. The molecule has 0 saturated carbocycles. The lowest BCUT2D eigenvalue weighted by atomic mass is 10.1. The lowest BCUT2D eigenvalue weighted by Gasteiger charge is -2.15. The summed E-state index contributed by atoms with van der Waals surface area (Å²) in [4.78, 5) is 26.6. The Labute approximate surface area is 187 Å². The molecule has 0 spiro atoms. The van der Waals surface area contributed by atoms with Crippen molar-refractivity contribution in [2.24, 2.45) is 5.92 Å². The first-order valence-electron chi connectivity index (χ1n) is 11.2. The average molecular weight is 430 g/mol. The molecule has 5 rings (SSSR count). The van der Waals surface area contributed by atoms with Crippen LogP contribution in [0, 0.1) is 5.92 Å². The smallest absolute Gasteiger partial charge is 0.230 e. The first-order valence-corrected chi connectivity index (χ1v) is 11.2. The molecule has 2 aliphatic rings. The predicted molar refractivity (Wildman–Crippen MR) is 123 cm³/mol. The molecule has 7 nitrogen and oxygen atoms in total. The lowest BCUT2D eigenvalue weighted by molar-refractivity contribution is -0.123. The van der Waals surface area contributed by atoms with Crippen molar-refractivity contribution in [3.05, 3.63) is 66.2 Å². The van der Waals surface area contributed by atoms with Crippen molar-refractivity contribution in [2.45, 2.75) is 25.8 Å². The molecule has 2 aromatic carbocycles. The Hall–Kier alpha value is -3.45. The number of nitrogens with zero attached hydrogens (tertiary/aromatic N) is 3. The van der Waals surface area contributed by atoms with E-state index < -0.39 is 0 Å². The molecular formula is C25H27N5O2. The Kier molecular flexibility index (Phi) is 5.73. The van der Waals surface area contributed by atoms with Crippen LogP contribution in [0.15, 0.2) is 60.7 Å². The second-order valence-corrected chi connectivity index (χ2v) is 8.54. The Morgan fingerprint density at radius 1 is 1.06 bits per heavy atom. The summed E-state index contributed by atoms with van der Waals surface area (Å²) >= 11 is 0. The van der Waals surface area contributed by atoms with Crippen LogP contribution in [-0.2, 0) is 16.1 Å². The van der Waals surface area contributed by atoms with Crippen molar-refractivity contribution in [1.82, 2.24) is 20.0 Å². The first-order chi connectivity index (χ1) is 15.7. The number of aromatic nitrogens is 2.